The minimum atomic E-state index is -4.30. The topological polar surface area (TPSA) is 116 Å². The molecule has 0 aliphatic heterocycles. The number of primary sulfonamides is 1. The van der Waals surface area contributed by atoms with E-state index < -0.39 is 48.0 Å². The van der Waals surface area contributed by atoms with Crippen LogP contribution in [0.5, 0.6) is 0 Å². The smallest absolute Gasteiger partial charge is 0.238 e. The lowest BCUT2D eigenvalue weighted by molar-refractivity contribution is 0.199. The molecule has 21 heavy (non-hydrogen) atoms. The van der Waals surface area contributed by atoms with Crippen molar-refractivity contribution in [2.75, 3.05) is 24.2 Å². The number of benzene rings is 1. The summed E-state index contributed by atoms with van der Waals surface area (Å²) in [6.45, 7) is 0.163. The van der Waals surface area contributed by atoms with Gasteiger partial charge in [0.05, 0.1) is 10.6 Å². The molecule has 0 aliphatic carbocycles. The number of nitrogens with two attached hydrogens (primary N) is 1. The number of hydrogen-bond donors (Lipinski definition) is 2. The Morgan fingerprint density at radius 2 is 1.71 bits per heavy atom. The molecule has 0 atom stereocenters. The Balaban J connectivity index is 3.05. The van der Waals surface area contributed by atoms with Crippen molar-refractivity contribution in [2.24, 2.45) is 5.14 Å². The molecule has 0 aromatic heterocycles. The quantitative estimate of drug-likeness (QED) is 0.694. The highest BCUT2D eigenvalue weighted by atomic mass is 32.2. The largest absolute Gasteiger partial charge is 0.385 e. The van der Waals surface area contributed by atoms with Gasteiger partial charge in [-0.2, -0.15) is 0 Å². The molecule has 0 unspecified atom stereocenters. The standard InChI is InChI=1S/C10H14F2N2O5S2/c1-19-3-2-4-20(15,16)14-10-8(11)5-7(6-9(10)12)21(13,17)18/h5-6,14H,2-4H2,1H3,(H2,13,17,18). The minimum absolute atomic E-state index is 0.129. The Morgan fingerprint density at radius 1 is 1.19 bits per heavy atom. The van der Waals surface area contributed by atoms with Crippen molar-refractivity contribution in [2.45, 2.75) is 11.3 Å². The lowest BCUT2D eigenvalue weighted by Crippen LogP contribution is -2.20. The first-order valence-electron chi connectivity index (χ1n) is 5.58. The Morgan fingerprint density at radius 3 is 2.14 bits per heavy atom. The zero-order valence-corrected chi connectivity index (χ0v) is 12.6. The van der Waals surface area contributed by atoms with E-state index in [4.69, 9.17) is 5.14 Å². The maximum absolute atomic E-state index is 13.6. The van der Waals surface area contributed by atoms with Gasteiger partial charge in [-0.1, -0.05) is 0 Å². The van der Waals surface area contributed by atoms with E-state index in [9.17, 15) is 25.6 Å². The number of sulfonamides is 2. The molecule has 11 heteroatoms. The highest BCUT2D eigenvalue weighted by molar-refractivity contribution is 7.92. The van der Waals surface area contributed by atoms with Crippen molar-refractivity contribution < 1.29 is 30.4 Å². The van der Waals surface area contributed by atoms with Crippen molar-refractivity contribution in [3.8, 4) is 0 Å². The molecule has 1 rings (SSSR count). The second kappa shape index (κ2) is 6.64. The molecule has 0 heterocycles. The summed E-state index contributed by atoms with van der Waals surface area (Å²) in [7, 11) is -6.91. The number of rotatable bonds is 7. The van der Waals surface area contributed by atoms with Crippen LogP contribution < -0.4 is 9.86 Å². The molecule has 120 valence electrons. The number of hydrogen-bond acceptors (Lipinski definition) is 5. The maximum atomic E-state index is 13.6. The first-order valence-corrected chi connectivity index (χ1v) is 8.78. The molecule has 0 fully saturated rings. The average Bonchev–Trinajstić information content (AvgIpc) is 2.32. The van der Waals surface area contributed by atoms with Crippen LogP contribution in [0, 0.1) is 11.6 Å². The zero-order valence-electron chi connectivity index (χ0n) is 11.0. The summed E-state index contributed by atoms with van der Waals surface area (Å²) in [5.41, 5.74) is -0.959. The fraction of sp³-hybridized carbons (Fsp3) is 0.400. The lowest BCUT2D eigenvalue weighted by Gasteiger charge is -2.10. The van der Waals surface area contributed by atoms with Crippen molar-refractivity contribution >= 4 is 25.7 Å². The van der Waals surface area contributed by atoms with Gasteiger partial charge in [-0.05, 0) is 18.6 Å². The number of ether oxygens (including phenoxy) is 1. The third-order valence-electron chi connectivity index (χ3n) is 2.36. The van der Waals surface area contributed by atoms with E-state index in [0.29, 0.717) is 12.1 Å². The number of methoxy groups -OCH3 is 1. The van der Waals surface area contributed by atoms with Gasteiger partial charge < -0.3 is 4.74 Å². The van der Waals surface area contributed by atoms with Crippen LogP contribution in [0.4, 0.5) is 14.5 Å². The van der Waals surface area contributed by atoms with E-state index >= 15 is 0 Å². The predicted octanol–water partition coefficient (Wildman–Crippen LogP) is 0.390. The molecule has 7 nitrogen and oxygen atoms in total. The SMILES string of the molecule is COCCCS(=O)(=O)Nc1c(F)cc(S(N)(=O)=O)cc1F. The number of halogens is 2. The van der Waals surface area contributed by atoms with Crippen LogP contribution in [-0.2, 0) is 24.8 Å². The molecular formula is C10H14F2N2O5S2. The molecule has 0 bridgehead atoms. The fourth-order valence-corrected chi connectivity index (χ4v) is 3.05. The second-order valence-electron chi connectivity index (χ2n) is 4.07. The summed E-state index contributed by atoms with van der Waals surface area (Å²) in [5, 5.41) is 4.74. The normalized spacial score (nSPS) is 12.4. The summed E-state index contributed by atoms with van der Waals surface area (Å²) < 4.78 is 78.9. The molecule has 0 saturated heterocycles. The Hall–Kier alpha value is -1.30. The van der Waals surface area contributed by atoms with Crippen LogP contribution in [0.1, 0.15) is 6.42 Å². The van der Waals surface area contributed by atoms with E-state index in [1.54, 1.807) is 4.72 Å². The van der Waals surface area contributed by atoms with Gasteiger partial charge in [-0.25, -0.2) is 30.8 Å². The maximum Gasteiger partial charge on any atom is 0.238 e. The van der Waals surface area contributed by atoms with Crippen LogP contribution in [-0.4, -0.2) is 36.3 Å². The van der Waals surface area contributed by atoms with Gasteiger partial charge in [0.2, 0.25) is 20.0 Å². The molecular weight excluding hydrogens is 330 g/mol. The van der Waals surface area contributed by atoms with Gasteiger partial charge in [-0.15, -0.1) is 0 Å². The van der Waals surface area contributed by atoms with Crippen LogP contribution in [0.25, 0.3) is 0 Å². The van der Waals surface area contributed by atoms with Gasteiger partial charge in [-0.3, -0.25) is 4.72 Å². The highest BCUT2D eigenvalue weighted by Gasteiger charge is 2.20. The van der Waals surface area contributed by atoms with E-state index in [1.165, 1.54) is 7.11 Å². The van der Waals surface area contributed by atoms with Crippen LogP contribution in [0.15, 0.2) is 17.0 Å². The van der Waals surface area contributed by atoms with Crippen molar-refractivity contribution in [1.82, 2.24) is 0 Å². The number of nitrogens with one attached hydrogen (secondary N) is 1. The van der Waals surface area contributed by atoms with E-state index in [1.807, 2.05) is 0 Å². The van der Waals surface area contributed by atoms with E-state index in [2.05, 4.69) is 4.74 Å². The summed E-state index contributed by atoms with van der Waals surface area (Å²) in [6, 6.07) is 0.872. The molecule has 0 saturated carbocycles. The van der Waals surface area contributed by atoms with Crippen molar-refractivity contribution in [1.29, 1.82) is 0 Å². The second-order valence-corrected chi connectivity index (χ2v) is 7.48. The van der Waals surface area contributed by atoms with Crippen LogP contribution >= 0.6 is 0 Å². The highest BCUT2D eigenvalue weighted by Crippen LogP contribution is 2.23. The molecule has 1 aromatic carbocycles. The van der Waals surface area contributed by atoms with E-state index in [0.717, 1.165) is 0 Å². The van der Waals surface area contributed by atoms with Gasteiger partial charge >= 0.3 is 0 Å². The number of anilines is 1. The molecule has 0 radical (unpaired) electrons. The third kappa shape index (κ3) is 5.19. The lowest BCUT2D eigenvalue weighted by atomic mass is 10.3. The summed E-state index contributed by atoms with van der Waals surface area (Å²) in [5.74, 6) is -3.17. The Kier molecular flexibility index (Phi) is 5.61. The average molecular weight is 344 g/mol. The minimum Gasteiger partial charge on any atom is -0.385 e. The van der Waals surface area contributed by atoms with Crippen molar-refractivity contribution in [3.05, 3.63) is 23.8 Å². The molecule has 0 aliphatic rings. The fourth-order valence-electron chi connectivity index (χ4n) is 1.41. The first-order chi connectivity index (χ1) is 9.57. The molecule has 1 aromatic rings. The monoisotopic (exact) mass is 344 g/mol. The Bertz CT molecular complexity index is 696. The zero-order chi connectivity index (χ0) is 16.3. The third-order valence-corrected chi connectivity index (χ3v) is 4.60. The summed E-state index contributed by atoms with van der Waals surface area (Å²) >= 11 is 0. The van der Waals surface area contributed by atoms with Gasteiger partial charge in [0.1, 0.15) is 5.69 Å². The predicted molar refractivity (Wildman–Crippen MR) is 71.6 cm³/mol. The summed E-state index contributed by atoms with van der Waals surface area (Å²) in [6.07, 6.45) is 0.129. The molecule has 0 amide bonds. The first kappa shape index (κ1) is 17.8. The van der Waals surface area contributed by atoms with E-state index in [-0.39, 0.29) is 13.0 Å². The van der Waals surface area contributed by atoms with Crippen LogP contribution in [0.3, 0.4) is 0 Å². The molecule has 3 N–H and O–H groups in total. The van der Waals surface area contributed by atoms with Gasteiger partial charge in [0, 0.05) is 13.7 Å². The molecule has 0 spiro atoms. The summed E-state index contributed by atoms with van der Waals surface area (Å²) in [4.78, 5) is -0.792. The van der Waals surface area contributed by atoms with Crippen LogP contribution in [0.2, 0.25) is 0 Å². The van der Waals surface area contributed by atoms with Gasteiger partial charge in [0.15, 0.2) is 11.6 Å². The van der Waals surface area contributed by atoms with Gasteiger partial charge in [0.25, 0.3) is 0 Å². The Labute approximate surface area is 121 Å². The van der Waals surface area contributed by atoms with Crippen molar-refractivity contribution in [3.63, 3.8) is 0 Å².